The van der Waals surface area contributed by atoms with E-state index in [0.717, 1.165) is 11.6 Å². The van der Waals surface area contributed by atoms with Crippen LogP contribution in [0.25, 0.3) is 0 Å². The molecule has 2 heterocycles. The van der Waals surface area contributed by atoms with Crippen molar-refractivity contribution in [2.75, 3.05) is 20.2 Å². The SMILES string of the molecule is COc1cc(C(C)NC2CCN3CCCC3C2)ccc1F. The van der Waals surface area contributed by atoms with Crippen LogP contribution in [0.15, 0.2) is 18.2 Å². The molecule has 3 unspecified atom stereocenters. The molecule has 3 atom stereocenters. The Kier molecular flexibility index (Phi) is 4.45. The molecule has 0 aliphatic carbocycles. The highest BCUT2D eigenvalue weighted by Gasteiger charge is 2.32. The first-order valence-corrected chi connectivity index (χ1v) is 8.01. The molecule has 21 heavy (non-hydrogen) atoms. The largest absolute Gasteiger partial charge is 0.494 e. The van der Waals surface area contributed by atoms with Crippen LogP contribution in [0.3, 0.4) is 0 Å². The second kappa shape index (κ2) is 6.32. The Morgan fingerprint density at radius 3 is 3.00 bits per heavy atom. The molecule has 0 aromatic heterocycles. The maximum Gasteiger partial charge on any atom is 0.165 e. The summed E-state index contributed by atoms with van der Waals surface area (Å²) in [5, 5.41) is 3.71. The van der Waals surface area contributed by atoms with E-state index in [1.807, 2.05) is 6.07 Å². The fourth-order valence-corrected chi connectivity index (χ4v) is 3.77. The van der Waals surface area contributed by atoms with Crippen LogP contribution in [0.2, 0.25) is 0 Å². The summed E-state index contributed by atoms with van der Waals surface area (Å²) in [6, 6.07) is 6.70. The number of piperidine rings is 1. The van der Waals surface area contributed by atoms with Gasteiger partial charge in [-0.25, -0.2) is 4.39 Å². The maximum absolute atomic E-state index is 13.5. The second-order valence-electron chi connectivity index (χ2n) is 6.34. The molecule has 3 rings (SSSR count). The Hall–Kier alpha value is -1.13. The lowest BCUT2D eigenvalue weighted by atomic mass is 9.96. The molecule has 0 spiro atoms. The molecule has 0 saturated carbocycles. The zero-order chi connectivity index (χ0) is 14.8. The van der Waals surface area contributed by atoms with E-state index in [1.165, 1.54) is 51.9 Å². The molecule has 2 aliphatic rings. The third kappa shape index (κ3) is 3.22. The van der Waals surface area contributed by atoms with Crippen molar-refractivity contribution in [2.24, 2.45) is 0 Å². The average Bonchev–Trinajstić information content (AvgIpc) is 2.95. The van der Waals surface area contributed by atoms with Gasteiger partial charge in [0.05, 0.1) is 7.11 Å². The van der Waals surface area contributed by atoms with Gasteiger partial charge in [0, 0.05) is 18.1 Å². The van der Waals surface area contributed by atoms with Crippen LogP contribution in [-0.2, 0) is 0 Å². The minimum atomic E-state index is -0.298. The van der Waals surface area contributed by atoms with Crippen LogP contribution in [0.4, 0.5) is 4.39 Å². The Bertz CT molecular complexity index is 494. The van der Waals surface area contributed by atoms with Gasteiger partial charge in [-0.15, -0.1) is 0 Å². The fourth-order valence-electron chi connectivity index (χ4n) is 3.77. The highest BCUT2D eigenvalue weighted by Crippen LogP contribution is 2.29. The van der Waals surface area contributed by atoms with Gasteiger partial charge in [0.15, 0.2) is 11.6 Å². The van der Waals surface area contributed by atoms with Crippen molar-refractivity contribution in [3.8, 4) is 5.75 Å². The molecule has 0 amide bonds. The van der Waals surface area contributed by atoms with Gasteiger partial charge in [-0.3, -0.25) is 0 Å². The fraction of sp³-hybridized carbons (Fsp3) is 0.647. The van der Waals surface area contributed by atoms with Gasteiger partial charge in [0.25, 0.3) is 0 Å². The van der Waals surface area contributed by atoms with E-state index in [-0.39, 0.29) is 11.9 Å². The van der Waals surface area contributed by atoms with Gasteiger partial charge in [0.1, 0.15) is 0 Å². The van der Waals surface area contributed by atoms with Crippen molar-refractivity contribution in [2.45, 2.75) is 50.7 Å². The topological polar surface area (TPSA) is 24.5 Å². The van der Waals surface area contributed by atoms with Gasteiger partial charge >= 0.3 is 0 Å². The predicted molar refractivity (Wildman–Crippen MR) is 82.1 cm³/mol. The van der Waals surface area contributed by atoms with Crippen LogP contribution in [0.1, 0.15) is 44.2 Å². The maximum atomic E-state index is 13.5. The average molecular weight is 292 g/mol. The van der Waals surface area contributed by atoms with E-state index in [2.05, 4.69) is 17.1 Å². The quantitative estimate of drug-likeness (QED) is 0.923. The summed E-state index contributed by atoms with van der Waals surface area (Å²) < 4.78 is 18.6. The molecule has 2 fully saturated rings. The highest BCUT2D eigenvalue weighted by molar-refractivity contribution is 5.32. The van der Waals surface area contributed by atoms with Crippen LogP contribution < -0.4 is 10.1 Å². The minimum absolute atomic E-state index is 0.220. The van der Waals surface area contributed by atoms with Crippen molar-refractivity contribution in [3.05, 3.63) is 29.6 Å². The molecule has 116 valence electrons. The van der Waals surface area contributed by atoms with Crippen LogP contribution in [0, 0.1) is 5.82 Å². The lowest BCUT2D eigenvalue weighted by molar-refractivity contribution is 0.162. The summed E-state index contributed by atoms with van der Waals surface area (Å²) in [5.74, 6) is 0.0273. The third-order valence-corrected chi connectivity index (χ3v) is 4.98. The van der Waals surface area contributed by atoms with Gasteiger partial charge in [-0.1, -0.05) is 6.07 Å². The Labute approximate surface area is 126 Å². The Morgan fingerprint density at radius 2 is 2.19 bits per heavy atom. The van der Waals surface area contributed by atoms with E-state index >= 15 is 0 Å². The number of rotatable bonds is 4. The van der Waals surface area contributed by atoms with E-state index in [1.54, 1.807) is 6.07 Å². The van der Waals surface area contributed by atoms with E-state index in [4.69, 9.17) is 4.74 Å². The smallest absolute Gasteiger partial charge is 0.165 e. The molecule has 1 aromatic rings. The normalized spacial score (nSPS) is 27.4. The third-order valence-electron chi connectivity index (χ3n) is 4.98. The Morgan fingerprint density at radius 1 is 1.33 bits per heavy atom. The Balaban J connectivity index is 1.62. The standard InChI is InChI=1S/C17H25FN2O/c1-12(13-5-6-16(18)17(10-13)21-2)19-14-7-9-20-8-3-4-15(20)11-14/h5-6,10,12,14-15,19H,3-4,7-9,11H2,1-2H3. The molecule has 3 nitrogen and oxygen atoms in total. The molecule has 0 bridgehead atoms. The van der Waals surface area contributed by atoms with Gasteiger partial charge in [-0.05, 0) is 63.4 Å². The number of ether oxygens (including phenoxy) is 1. The first kappa shape index (κ1) is 14.8. The van der Waals surface area contributed by atoms with Crippen molar-refractivity contribution < 1.29 is 9.13 Å². The van der Waals surface area contributed by atoms with Crippen molar-refractivity contribution in [1.29, 1.82) is 0 Å². The first-order valence-electron chi connectivity index (χ1n) is 8.01. The monoisotopic (exact) mass is 292 g/mol. The molecule has 2 aliphatic heterocycles. The van der Waals surface area contributed by atoms with E-state index in [0.29, 0.717) is 11.8 Å². The number of methoxy groups -OCH3 is 1. The summed E-state index contributed by atoms with van der Waals surface area (Å²) in [4.78, 5) is 2.63. The van der Waals surface area contributed by atoms with Gasteiger partial charge in [-0.2, -0.15) is 0 Å². The van der Waals surface area contributed by atoms with E-state index in [9.17, 15) is 4.39 Å². The number of halogens is 1. The zero-order valence-electron chi connectivity index (χ0n) is 12.9. The van der Waals surface area contributed by atoms with E-state index < -0.39 is 0 Å². The van der Waals surface area contributed by atoms with Crippen molar-refractivity contribution in [1.82, 2.24) is 10.2 Å². The summed E-state index contributed by atoms with van der Waals surface area (Å²) in [6.07, 6.45) is 5.14. The number of hydrogen-bond acceptors (Lipinski definition) is 3. The number of fused-ring (bicyclic) bond motifs is 1. The lowest BCUT2D eigenvalue weighted by Crippen LogP contribution is -2.46. The number of hydrogen-bond donors (Lipinski definition) is 1. The second-order valence-corrected chi connectivity index (χ2v) is 6.34. The highest BCUT2D eigenvalue weighted by atomic mass is 19.1. The first-order chi connectivity index (χ1) is 10.2. The molecular weight excluding hydrogens is 267 g/mol. The summed E-state index contributed by atoms with van der Waals surface area (Å²) in [5.41, 5.74) is 1.09. The van der Waals surface area contributed by atoms with Crippen molar-refractivity contribution in [3.63, 3.8) is 0 Å². The molecular formula is C17H25FN2O. The molecule has 0 radical (unpaired) electrons. The van der Waals surface area contributed by atoms with Crippen molar-refractivity contribution >= 4 is 0 Å². The number of benzene rings is 1. The van der Waals surface area contributed by atoms with Crippen LogP contribution in [0.5, 0.6) is 5.75 Å². The molecule has 1 N–H and O–H groups in total. The lowest BCUT2D eigenvalue weighted by Gasteiger charge is -2.36. The molecule has 1 aromatic carbocycles. The predicted octanol–water partition coefficient (Wildman–Crippen LogP) is 3.11. The number of nitrogens with one attached hydrogen (secondary N) is 1. The molecule has 4 heteroatoms. The van der Waals surface area contributed by atoms with Gasteiger partial charge in [0.2, 0.25) is 0 Å². The molecule has 2 saturated heterocycles. The summed E-state index contributed by atoms with van der Waals surface area (Å²) in [6.45, 7) is 4.64. The van der Waals surface area contributed by atoms with Gasteiger partial charge < -0.3 is 15.0 Å². The summed E-state index contributed by atoms with van der Waals surface area (Å²) >= 11 is 0. The minimum Gasteiger partial charge on any atom is -0.494 e. The number of nitrogens with zero attached hydrogens (tertiary/aromatic N) is 1. The van der Waals surface area contributed by atoms with Crippen LogP contribution in [-0.4, -0.2) is 37.2 Å². The van der Waals surface area contributed by atoms with Crippen LogP contribution >= 0.6 is 0 Å². The summed E-state index contributed by atoms with van der Waals surface area (Å²) in [7, 11) is 1.51. The zero-order valence-corrected chi connectivity index (χ0v) is 12.9.